The van der Waals surface area contributed by atoms with Crippen molar-refractivity contribution in [2.75, 3.05) is 0 Å². The monoisotopic (exact) mass is 288 g/mol. The summed E-state index contributed by atoms with van der Waals surface area (Å²) in [7, 11) is 0. The minimum atomic E-state index is -0.165. The van der Waals surface area contributed by atoms with Gasteiger partial charge in [0.15, 0.2) is 0 Å². The molecule has 0 bridgehead atoms. The number of H-pyrrole nitrogens is 1. The highest BCUT2D eigenvalue weighted by Gasteiger charge is 2.30. The van der Waals surface area contributed by atoms with Crippen molar-refractivity contribution in [3.05, 3.63) is 35.3 Å². The van der Waals surface area contributed by atoms with Crippen LogP contribution < -0.4 is 0 Å². The second kappa shape index (κ2) is 5.35. The molecule has 1 amide bonds. The van der Waals surface area contributed by atoms with Gasteiger partial charge in [-0.1, -0.05) is 0 Å². The quantitative estimate of drug-likeness (QED) is 0.917. The minimum Gasteiger partial charge on any atom is -0.464 e. The Balaban J connectivity index is 1.76. The first kappa shape index (κ1) is 13.9. The molecule has 6 heteroatoms. The van der Waals surface area contributed by atoms with Crippen LogP contribution in [0.2, 0.25) is 0 Å². The third kappa shape index (κ3) is 2.99. The smallest absolute Gasteiger partial charge is 0.294 e. The molecule has 1 N–H and O–H groups in total. The van der Waals surface area contributed by atoms with Gasteiger partial charge in [-0.2, -0.15) is 0 Å². The van der Waals surface area contributed by atoms with Gasteiger partial charge in [-0.25, -0.2) is 4.98 Å². The first-order valence-electron chi connectivity index (χ1n) is 7.33. The molecule has 112 valence electrons. The van der Waals surface area contributed by atoms with Crippen molar-refractivity contribution in [3.63, 3.8) is 0 Å². The SMILES string of the molecule is Cc1ccc(CN(C(=O)c2n[nH]c(C3CC3)n2)C(C)C)o1. The van der Waals surface area contributed by atoms with Crippen LogP contribution in [-0.4, -0.2) is 32.0 Å². The van der Waals surface area contributed by atoms with Crippen LogP contribution in [0.4, 0.5) is 0 Å². The molecule has 0 spiro atoms. The summed E-state index contributed by atoms with van der Waals surface area (Å²) >= 11 is 0. The van der Waals surface area contributed by atoms with Gasteiger partial charge in [0.1, 0.15) is 17.3 Å². The number of aromatic nitrogens is 3. The molecule has 1 fully saturated rings. The van der Waals surface area contributed by atoms with Crippen molar-refractivity contribution in [2.24, 2.45) is 0 Å². The maximum Gasteiger partial charge on any atom is 0.294 e. The first-order chi connectivity index (χ1) is 10.0. The van der Waals surface area contributed by atoms with Crippen LogP contribution in [0.3, 0.4) is 0 Å². The number of aryl methyl sites for hydroxylation is 1. The molecule has 2 aromatic heterocycles. The number of hydrogen-bond acceptors (Lipinski definition) is 4. The average Bonchev–Trinajstić information content (AvgIpc) is 3.03. The zero-order chi connectivity index (χ0) is 15.0. The van der Waals surface area contributed by atoms with E-state index < -0.39 is 0 Å². The molecule has 3 rings (SSSR count). The van der Waals surface area contributed by atoms with Crippen molar-refractivity contribution in [1.29, 1.82) is 0 Å². The van der Waals surface area contributed by atoms with Gasteiger partial charge < -0.3 is 9.32 Å². The van der Waals surface area contributed by atoms with Crippen molar-refractivity contribution in [1.82, 2.24) is 20.1 Å². The second-order valence-electron chi connectivity index (χ2n) is 5.86. The molecule has 0 radical (unpaired) electrons. The molecule has 1 aliphatic carbocycles. The Morgan fingerprint density at radius 3 is 2.81 bits per heavy atom. The fraction of sp³-hybridized carbons (Fsp3) is 0.533. The van der Waals surface area contributed by atoms with Gasteiger partial charge >= 0.3 is 0 Å². The largest absolute Gasteiger partial charge is 0.464 e. The highest BCUT2D eigenvalue weighted by molar-refractivity contribution is 5.90. The number of nitrogens with zero attached hydrogens (tertiary/aromatic N) is 3. The Bertz CT molecular complexity index is 640. The van der Waals surface area contributed by atoms with E-state index in [2.05, 4.69) is 15.2 Å². The molecular formula is C15H20N4O2. The summed E-state index contributed by atoms with van der Waals surface area (Å²) in [4.78, 5) is 18.6. The van der Waals surface area contributed by atoms with E-state index in [4.69, 9.17) is 4.42 Å². The topological polar surface area (TPSA) is 75.0 Å². The normalized spacial score (nSPS) is 14.7. The van der Waals surface area contributed by atoms with Crippen LogP contribution in [0, 0.1) is 6.92 Å². The summed E-state index contributed by atoms with van der Waals surface area (Å²) in [5.41, 5.74) is 0. The fourth-order valence-electron chi connectivity index (χ4n) is 2.26. The molecule has 1 saturated carbocycles. The van der Waals surface area contributed by atoms with Crippen molar-refractivity contribution >= 4 is 5.91 Å². The summed E-state index contributed by atoms with van der Waals surface area (Å²) in [6.45, 7) is 6.27. The standard InChI is InChI=1S/C15H20N4O2/c1-9(2)19(8-12-7-4-10(3)21-12)15(20)14-16-13(17-18-14)11-5-6-11/h4,7,9,11H,5-6,8H2,1-3H3,(H,16,17,18). The van der Waals surface area contributed by atoms with Gasteiger partial charge in [-0.15, -0.1) is 5.10 Å². The Morgan fingerprint density at radius 2 is 2.24 bits per heavy atom. The molecule has 0 unspecified atom stereocenters. The van der Waals surface area contributed by atoms with Crippen molar-refractivity contribution in [3.8, 4) is 0 Å². The number of nitrogens with one attached hydrogen (secondary N) is 1. The Morgan fingerprint density at radius 1 is 1.48 bits per heavy atom. The van der Waals surface area contributed by atoms with Gasteiger partial charge in [0.2, 0.25) is 5.82 Å². The van der Waals surface area contributed by atoms with Crippen molar-refractivity contribution < 1.29 is 9.21 Å². The van der Waals surface area contributed by atoms with E-state index in [-0.39, 0.29) is 17.8 Å². The molecule has 21 heavy (non-hydrogen) atoms. The van der Waals surface area contributed by atoms with Crippen LogP contribution in [0.5, 0.6) is 0 Å². The number of rotatable bonds is 5. The Labute approximate surface area is 123 Å². The number of aromatic amines is 1. The molecular weight excluding hydrogens is 268 g/mol. The predicted molar refractivity (Wildman–Crippen MR) is 76.8 cm³/mol. The van der Waals surface area contributed by atoms with E-state index in [1.54, 1.807) is 4.90 Å². The molecule has 2 heterocycles. The number of carbonyl (C=O) groups excluding carboxylic acids is 1. The summed E-state index contributed by atoms with van der Waals surface area (Å²) in [6.07, 6.45) is 2.25. The zero-order valence-corrected chi connectivity index (χ0v) is 12.6. The highest BCUT2D eigenvalue weighted by Crippen LogP contribution is 2.37. The van der Waals surface area contributed by atoms with E-state index in [0.29, 0.717) is 12.5 Å². The zero-order valence-electron chi connectivity index (χ0n) is 12.6. The lowest BCUT2D eigenvalue weighted by molar-refractivity contribution is 0.0663. The van der Waals surface area contributed by atoms with Crippen LogP contribution in [0.15, 0.2) is 16.5 Å². The van der Waals surface area contributed by atoms with E-state index in [1.807, 2.05) is 32.9 Å². The lowest BCUT2D eigenvalue weighted by Gasteiger charge is -2.24. The lowest BCUT2D eigenvalue weighted by atomic mass is 10.2. The van der Waals surface area contributed by atoms with Crippen molar-refractivity contribution in [2.45, 2.75) is 52.1 Å². The molecule has 2 aromatic rings. The maximum absolute atomic E-state index is 12.6. The summed E-state index contributed by atoms with van der Waals surface area (Å²) in [6, 6.07) is 3.84. The Hall–Kier alpha value is -2.11. The minimum absolute atomic E-state index is 0.0470. The number of furan rings is 1. The second-order valence-corrected chi connectivity index (χ2v) is 5.86. The molecule has 0 atom stereocenters. The van der Waals surface area contributed by atoms with Gasteiger partial charge in [0, 0.05) is 12.0 Å². The highest BCUT2D eigenvalue weighted by atomic mass is 16.3. The molecule has 0 saturated heterocycles. The molecule has 1 aliphatic rings. The average molecular weight is 288 g/mol. The van der Waals surface area contributed by atoms with E-state index >= 15 is 0 Å². The molecule has 0 aliphatic heterocycles. The van der Waals surface area contributed by atoms with Crippen LogP contribution in [-0.2, 0) is 6.54 Å². The third-order valence-electron chi connectivity index (χ3n) is 3.66. The van der Waals surface area contributed by atoms with Gasteiger partial charge in [0.25, 0.3) is 5.91 Å². The third-order valence-corrected chi connectivity index (χ3v) is 3.66. The van der Waals surface area contributed by atoms with E-state index in [1.165, 1.54) is 0 Å². The number of amides is 1. The van der Waals surface area contributed by atoms with Crippen LogP contribution >= 0.6 is 0 Å². The first-order valence-corrected chi connectivity index (χ1v) is 7.33. The van der Waals surface area contributed by atoms with Crippen LogP contribution in [0.1, 0.15) is 60.6 Å². The van der Waals surface area contributed by atoms with E-state index in [0.717, 1.165) is 30.2 Å². The fourth-order valence-corrected chi connectivity index (χ4v) is 2.26. The summed E-state index contributed by atoms with van der Waals surface area (Å²) < 4.78 is 5.56. The predicted octanol–water partition coefficient (Wildman–Crippen LogP) is 2.63. The number of hydrogen-bond donors (Lipinski definition) is 1. The van der Waals surface area contributed by atoms with Gasteiger partial charge in [-0.3, -0.25) is 9.89 Å². The molecule has 0 aromatic carbocycles. The van der Waals surface area contributed by atoms with Gasteiger partial charge in [-0.05, 0) is 45.7 Å². The molecule has 6 nitrogen and oxygen atoms in total. The lowest BCUT2D eigenvalue weighted by Crippen LogP contribution is -2.37. The maximum atomic E-state index is 12.6. The van der Waals surface area contributed by atoms with Crippen LogP contribution in [0.25, 0.3) is 0 Å². The van der Waals surface area contributed by atoms with Gasteiger partial charge in [0.05, 0.1) is 6.54 Å². The summed E-state index contributed by atoms with van der Waals surface area (Å²) in [5.74, 6) is 2.98. The Kier molecular flexibility index (Phi) is 3.53. The number of carbonyl (C=O) groups is 1. The summed E-state index contributed by atoms with van der Waals surface area (Å²) in [5, 5.41) is 6.95. The van der Waals surface area contributed by atoms with E-state index in [9.17, 15) is 4.79 Å².